The predicted molar refractivity (Wildman–Crippen MR) is 74.3 cm³/mol. The topological polar surface area (TPSA) is 21.3 Å². The monoisotopic (exact) mass is 241 g/mol. The highest BCUT2D eigenvalue weighted by atomic mass is 16.5. The van der Waals surface area contributed by atoms with Crippen molar-refractivity contribution in [1.82, 2.24) is 5.32 Å². The number of nitrogens with one attached hydrogen (secondary N) is 1. The van der Waals surface area contributed by atoms with Crippen molar-refractivity contribution in [3.05, 3.63) is 0 Å². The minimum Gasteiger partial charge on any atom is -0.380 e. The van der Waals surface area contributed by atoms with Crippen LogP contribution in [0.4, 0.5) is 0 Å². The van der Waals surface area contributed by atoms with E-state index in [1.54, 1.807) is 0 Å². The fourth-order valence-corrected chi connectivity index (χ4v) is 2.70. The van der Waals surface area contributed by atoms with Crippen LogP contribution in [-0.2, 0) is 4.74 Å². The molecule has 0 bridgehead atoms. The summed E-state index contributed by atoms with van der Waals surface area (Å²) in [6.45, 7) is 10.8. The Morgan fingerprint density at radius 3 is 2.47 bits per heavy atom. The standard InChI is InChI=1S/C15H31NO/c1-4-15(8-5-6-9-15)13-16-10-12-17-11-7-14(2)3/h14,16H,4-13H2,1-3H3. The van der Waals surface area contributed by atoms with Crippen molar-refractivity contribution in [3.63, 3.8) is 0 Å². The molecule has 1 aliphatic carbocycles. The van der Waals surface area contributed by atoms with Gasteiger partial charge in [-0.2, -0.15) is 0 Å². The maximum Gasteiger partial charge on any atom is 0.0590 e. The molecule has 0 aromatic heterocycles. The molecule has 2 nitrogen and oxygen atoms in total. The lowest BCUT2D eigenvalue weighted by Gasteiger charge is -2.27. The van der Waals surface area contributed by atoms with Gasteiger partial charge in [-0.05, 0) is 37.0 Å². The minimum absolute atomic E-state index is 0.609. The first-order valence-electron chi connectivity index (χ1n) is 7.47. The molecule has 0 amide bonds. The van der Waals surface area contributed by atoms with Crippen molar-refractivity contribution in [2.75, 3.05) is 26.3 Å². The Hall–Kier alpha value is -0.0800. The van der Waals surface area contributed by atoms with E-state index in [1.165, 1.54) is 45.1 Å². The molecular weight excluding hydrogens is 210 g/mol. The van der Waals surface area contributed by atoms with Gasteiger partial charge in [0.25, 0.3) is 0 Å². The largest absolute Gasteiger partial charge is 0.380 e. The summed E-state index contributed by atoms with van der Waals surface area (Å²) in [6, 6.07) is 0. The Bertz CT molecular complexity index is 185. The Balaban J connectivity index is 1.96. The first kappa shape index (κ1) is 15.0. The van der Waals surface area contributed by atoms with E-state index >= 15 is 0 Å². The molecule has 1 N–H and O–H groups in total. The van der Waals surface area contributed by atoms with Gasteiger partial charge in [-0.1, -0.05) is 33.6 Å². The quantitative estimate of drug-likeness (QED) is 0.623. The van der Waals surface area contributed by atoms with Crippen LogP contribution in [0.3, 0.4) is 0 Å². The van der Waals surface area contributed by atoms with Crippen LogP contribution in [-0.4, -0.2) is 26.3 Å². The van der Waals surface area contributed by atoms with E-state index in [9.17, 15) is 0 Å². The van der Waals surface area contributed by atoms with Crippen molar-refractivity contribution < 1.29 is 4.74 Å². The SMILES string of the molecule is CCC1(CNCCOCCC(C)C)CCCC1. The molecule has 0 saturated heterocycles. The molecule has 1 saturated carbocycles. The molecule has 0 aromatic carbocycles. The third kappa shape index (κ3) is 5.87. The van der Waals surface area contributed by atoms with Crippen LogP contribution in [0.1, 0.15) is 59.3 Å². The molecule has 1 aliphatic rings. The predicted octanol–water partition coefficient (Wildman–Crippen LogP) is 3.61. The number of ether oxygens (including phenoxy) is 1. The molecule has 0 radical (unpaired) electrons. The van der Waals surface area contributed by atoms with E-state index in [0.29, 0.717) is 5.41 Å². The third-order valence-corrected chi connectivity index (χ3v) is 4.18. The van der Waals surface area contributed by atoms with Gasteiger partial charge in [-0.25, -0.2) is 0 Å². The van der Waals surface area contributed by atoms with E-state index in [4.69, 9.17) is 4.74 Å². The van der Waals surface area contributed by atoms with Crippen LogP contribution in [0.15, 0.2) is 0 Å². The molecule has 0 spiro atoms. The van der Waals surface area contributed by atoms with Gasteiger partial charge in [-0.3, -0.25) is 0 Å². The Morgan fingerprint density at radius 1 is 1.18 bits per heavy atom. The summed E-state index contributed by atoms with van der Waals surface area (Å²) < 4.78 is 5.61. The molecule has 0 atom stereocenters. The molecule has 2 heteroatoms. The van der Waals surface area contributed by atoms with Gasteiger partial charge in [0, 0.05) is 19.7 Å². The Kier molecular flexibility index (Phi) is 7.14. The third-order valence-electron chi connectivity index (χ3n) is 4.18. The molecule has 102 valence electrons. The summed E-state index contributed by atoms with van der Waals surface area (Å²) >= 11 is 0. The van der Waals surface area contributed by atoms with Crippen molar-refractivity contribution in [2.45, 2.75) is 59.3 Å². The fraction of sp³-hybridized carbons (Fsp3) is 1.00. The van der Waals surface area contributed by atoms with Gasteiger partial charge < -0.3 is 10.1 Å². The van der Waals surface area contributed by atoms with Crippen molar-refractivity contribution in [1.29, 1.82) is 0 Å². The molecule has 0 aromatic rings. The first-order chi connectivity index (χ1) is 8.18. The van der Waals surface area contributed by atoms with Gasteiger partial charge >= 0.3 is 0 Å². The fourth-order valence-electron chi connectivity index (χ4n) is 2.70. The van der Waals surface area contributed by atoms with E-state index < -0.39 is 0 Å². The first-order valence-corrected chi connectivity index (χ1v) is 7.47. The Labute approximate surface area is 108 Å². The van der Waals surface area contributed by atoms with E-state index in [1.807, 2.05) is 0 Å². The van der Waals surface area contributed by atoms with Gasteiger partial charge in [0.2, 0.25) is 0 Å². The lowest BCUT2D eigenvalue weighted by Crippen LogP contribution is -2.33. The average molecular weight is 241 g/mol. The highest BCUT2D eigenvalue weighted by molar-refractivity contribution is 4.85. The summed E-state index contributed by atoms with van der Waals surface area (Å²) in [5, 5.41) is 3.58. The second kappa shape index (κ2) is 8.10. The summed E-state index contributed by atoms with van der Waals surface area (Å²) in [6.07, 6.45) is 8.21. The smallest absolute Gasteiger partial charge is 0.0590 e. The van der Waals surface area contributed by atoms with Gasteiger partial charge in [0.1, 0.15) is 0 Å². The number of hydrogen-bond donors (Lipinski definition) is 1. The maximum absolute atomic E-state index is 5.61. The number of hydrogen-bond acceptors (Lipinski definition) is 2. The van der Waals surface area contributed by atoms with Crippen LogP contribution in [0, 0.1) is 11.3 Å². The van der Waals surface area contributed by atoms with Gasteiger partial charge in [0.05, 0.1) is 6.61 Å². The van der Waals surface area contributed by atoms with Crippen LogP contribution < -0.4 is 5.32 Å². The molecule has 0 aliphatic heterocycles. The van der Waals surface area contributed by atoms with Crippen molar-refractivity contribution >= 4 is 0 Å². The van der Waals surface area contributed by atoms with E-state index in [0.717, 1.165) is 25.7 Å². The number of rotatable bonds is 9. The van der Waals surface area contributed by atoms with Crippen LogP contribution in [0.25, 0.3) is 0 Å². The summed E-state index contributed by atoms with van der Waals surface area (Å²) in [5.74, 6) is 0.754. The van der Waals surface area contributed by atoms with Crippen LogP contribution in [0.5, 0.6) is 0 Å². The normalized spacial score (nSPS) is 19.1. The summed E-state index contributed by atoms with van der Waals surface area (Å²) in [5.41, 5.74) is 0.609. The zero-order valence-electron chi connectivity index (χ0n) is 12.1. The lowest BCUT2D eigenvalue weighted by atomic mass is 9.83. The summed E-state index contributed by atoms with van der Waals surface area (Å²) in [4.78, 5) is 0. The average Bonchev–Trinajstić information content (AvgIpc) is 2.77. The maximum atomic E-state index is 5.61. The molecule has 0 heterocycles. The van der Waals surface area contributed by atoms with E-state index in [-0.39, 0.29) is 0 Å². The molecule has 0 unspecified atom stereocenters. The van der Waals surface area contributed by atoms with Crippen LogP contribution >= 0.6 is 0 Å². The van der Waals surface area contributed by atoms with Crippen molar-refractivity contribution in [2.24, 2.45) is 11.3 Å². The second-order valence-electron chi connectivity index (χ2n) is 6.03. The molecule has 17 heavy (non-hydrogen) atoms. The van der Waals surface area contributed by atoms with E-state index in [2.05, 4.69) is 26.1 Å². The van der Waals surface area contributed by atoms with Gasteiger partial charge in [0.15, 0.2) is 0 Å². The minimum atomic E-state index is 0.609. The van der Waals surface area contributed by atoms with Crippen LogP contribution in [0.2, 0.25) is 0 Å². The van der Waals surface area contributed by atoms with Gasteiger partial charge in [-0.15, -0.1) is 0 Å². The molecule has 1 rings (SSSR count). The molecule has 1 fully saturated rings. The zero-order chi connectivity index (χ0) is 12.6. The zero-order valence-corrected chi connectivity index (χ0v) is 12.1. The highest BCUT2D eigenvalue weighted by Crippen LogP contribution is 2.40. The summed E-state index contributed by atoms with van der Waals surface area (Å²) in [7, 11) is 0. The lowest BCUT2D eigenvalue weighted by molar-refractivity contribution is 0.122. The second-order valence-corrected chi connectivity index (χ2v) is 6.03. The highest BCUT2D eigenvalue weighted by Gasteiger charge is 2.31. The molecular formula is C15H31NO. The van der Waals surface area contributed by atoms with Crippen molar-refractivity contribution in [3.8, 4) is 0 Å². The Morgan fingerprint density at radius 2 is 1.88 bits per heavy atom.